The van der Waals surface area contributed by atoms with E-state index in [2.05, 4.69) is 24.5 Å². The number of nitrogens with zero attached hydrogens (tertiary/aromatic N) is 1. The fourth-order valence-electron chi connectivity index (χ4n) is 5.66. The van der Waals surface area contributed by atoms with Gasteiger partial charge in [-0.05, 0) is 83.0 Å². The van der Waals surface area contributed by atoms with Gasteiger partial charge in [-0.1, -0.05) is 12.1 Å². The molecular weight excluding hydrogens is 534 g/mol. The van der Waals surface area contributed by atoms with Crippen LogP contribution in [0.4, 0.5) is 11.4 Å². The van der Waals surface area contributed by atoms with Crippen LogP contribution in [0.1, 0.15) is 84.5 Å². The van der Waals surface area contributed by atoms with Crippen molar-refractivity contribution in [3.8, 4) is 11.5 Å². The van der Waals surface area contributed by atoms with E-state index in [1.165, 1.54) is 19.1 Å². The zero-order chi connectivity index (χ0) is 30.4. The second-order valence-corrected chi connectivity index (χ2v) is 11.9. The summed E-state index contributed by atoms with van der Waals surface area (Å²) in [6.07, 6.45) is 1.35. The number of ether oxygens (including phenoxy) is 2. The number of carbonyl (C=O) groups is 3. The summed E-state index contributed by atoms with van der Waals surface area (Å²) >= 11 is 0. The fourth-order valence-corrected chi connectivity index (χ4v) is 5.66. The molecule has 2 aliphatic rings. The zero-order valence-corrected chi connectivity index (χ0v) is 24.7. The molecule has 0 spiro atoms. The number of benzene rings is 3. The van der Waals surface area contributed by atoms with Crippen LogP contribution in [-0.2, 0) is 17.6 Å². The second-order valence-electron chi connectivity index (χ2n) is 11.9. The number of hydrogen-bond donors (Lipinski definition) is 3. The Hall–Kier alpha value is -4.66. The summed E-state index contributed by atoms with van der Waals surface area (Å²) in [5.41, 5.74) is 4.38. The first-order valence-electron chi connectivity index (χ1n) is 13.9. The summed E-state index contributed by atoms with van der Waals surface area (Å²) < 4.78 is 12.3. The highest BCUT2D eigenvalue weighted by Crippen LogP contribution is 2.48. The van der Waals surface area contributed by atoms with Crippen LogP contribution in [0.15, 0.2) is 53.5 Å². The Morgan fingerprint density at radius 3 is 2.48 bits per heavy atom. The van der Waals surface area contributed by atoms with Crippen molar-refractivity contribution in [2.24, 2.45) is 4.99 Å². The van der Waals surface area contributed by atoms with E-state index in [9.17, 15) is 19.5 Å². The number of carboxylic acid groups (broad SMARTS) is 1. The number of aliphatic imine (C=N–C) groups is 1. The number of nitrogens with one attached hydrogen (secondary N) is 2. The van der Waals surface area contributed by atoms with Crippen LogP contribution in [0.3, 0.4) is 0 Å². The van der Waals surface area contributed by atoms with E-state index in [-0.39, 0.29) is 22.7 Å². The van der Waals surface area contributed by atoms with E-state index in [0.717, 1.165) is 16.7 Å². The van der Waals surface area contributed by atoms with Crippen LogP contribution < -0.4 is 20.1 Å². The summed E-state index contributed by atoms with van der Waals surface area (Å²) in [5.74, 6) is -0.524. The minimum Gasteiger partial charge on any atom is -0.490 e. The predicted molar refractivity (Wildman–Crippen MR) is 162 cm³/mol. The molecule has 0 atom stereocenters. The van der Waals surface area contributed by atoms with Gasteiger partial charge in [0.1, 0.15) is 5.60 Å². The molecule has 0 aromatic heterocycles. The number of fused-ring (bicyclic) bond motifs is 3. The van der Waals surface area contributed by atoms with Crippen LogP contribution in [0.5, 0.6) is 11.5 Å². The van der Waals surface area contributed by atoms with Crippen LogP contribution in [0, 0.1) is 0 Å². The highest BCUT2D eigenvalue weighted by atomic mass is 16.5. The topological polar surface area (TPSA) is 126 Å². The summed E-state index contributed by atoms with van der Waals surface area (Å²) in [4.78, 5) is 42.1. The molecule has 0 radical (unpaired) electrons. The van der Waals surface area contributed by atoms with E-state index in [0.29, 0.717) is 47.9 Å². The van der Waals surface area contributed by atoms with Gasteiger partial charge in [-0.15, -0.1) is 0 Å². The third-order valence-corrected chi connectivity index (χ3v) is 7.20. The van der Waals surface area contributed by atoms with Gasteiger partial charge < -0.3 is 25.2 Å². The van der Waals surface area contributed by atoms with Crippen molar-refractivity contribution < 1.29 is 29.0 Å². The first-order valence-corrected chi connectivity index (χ1v) is 13.9. The molecule has 2 aliphatic heterocycles. The fraction of sp³-hybridized carbons (Fsp3) is 0.333. The molecule has 3 aromatic carbocycles. The Morgan fingerprint density at radius 2 is 1.79 bits per heavy atom. The van der Waals surface area contributed by atoms with Crippen LogP contribution in [0.25, 0.3) is 0 Å². The first kappa shape index (κ1) is 28.9. The van der Waals surface area contributed by atoms with Crippen molar-refractivity contribution in [2.75, 3.05) is 17.2 Å². The molecule has 9 nitrogen and oxygen atoms in total. The van der Waals surface area contributed by atoms with Gasteiger partial charge >= 0.3 is 5.97 Å². The molecule has 0 saturated heterocycles. The third-order valence-electron chi connectivity index (χ3n) is 7.20. The van der Waals surface area contributed by atoms with Gasteiger partial charge in [0.15, 0.2) is 11.5 Å². The van der Waals surface area contributed by atoms with E-state index < -0.39 is 23.0 Å². The van der Waals surface area contributed by atoms with E-state index in [4.69, 9.17) is 14.5 Å². The van der Waals surface area contributed by atoms with Crippen LogP contribution in [0.2, 0.25) is 0 Å². The molecule has 3 aromatic rings. The molecule has 3 N–H and O–H groups in total. The molecule has 0 fully saturated rings. The largest absolute Gasteiger partial charge is 0.490 e. The monoisotopic (exact) mass is 569 g/mol. The van der Waals surface area contributed by atoms with Crippen LogP contribution in [-0.4, -0.2) is 46.3 Å². The first-order chi connectivity index (χ1) is 19.8. The smallest absolute Gasteiger partial charge is 0.337 e. The molecule has 0 bridgehead atoms. The van der Waals surface area contributed by atoms with Crippen molar-refractivity contribution >= 4 is 34.9 Å². The Kier molecular flexibility index (Phi) is 7.30. The second kappa shape index (κ2) is 10.6. The minimum absolute atomic E-state index is 0.0533. The predicted octanol–water partition coefficient (Wildman–Crippen LogP) is 5.88. The summed E-state index contributed by atoms with van der Waals surface area (Å²) in [7, 11) is 0. The van der Waals surface area contributed by atoms with Gasteiger partial charge in [0, 0.05) is 41.3 Å². The summed E-state index contributed by atoms with van der Waals surface area (Å²) in [6, 6.07) is 13.3. The molecule has 0 saturated carbocycles. The van der Waals surface area contributed by atoms with Crippen molar-refractivity contribution in [2.45, 2.75) is 65.5 Å². The number of carbonyl (C=O) groups excluding carboxylic acids is 2. The standard InChI is InChI=1S/C33H35N3O6/c1-7-41-26-15-21-16-32(3,4)36-28(27(21)24-17-33(5,6)42-29(24)26)19-11-12-23(31(39)40)25(14-19)35-30(38)20-9-8-10-22(13-20)34-18(2)37/h8-15H,7,16-17H2,1-6H3,(H,34,37)(H,35,38)(H,39,40). The van der Waals surface area contributed by atoms with Crippen molar-refractivity contribution in [1.29, 1.82) is 0 Å². The Labute approximate surface area is 245 Å². The maximum Gasteiger partial charge on any atom is 0.337 e. The normalized spacial score (nSPS) is 15.9. The molecule has 0 unspecified atom stereocenters. The molecule has 2 heterocycles. The lowest BCUT2D eigenvalue weighted by Gasteiger charge is -2.31. The quantitative estimate of drug-likeness (QED) is 0.326. The molecule has 5 rings (SSSR count). The highest BCUT2D eigenvalue weighted by molar-refractivity contribution is 6.18. The Morgan fingerprint density at radius 1 is 1.02 bits per heavy atom. The number of aromatic carboxylic acids is 1. The molecule has 2 amide bonds. The minimum atomic E-state index is -1.17. The molecule has 42 heavy (non-hydrogen) atoms. The van der Waals surface area contributed by atoms with Crippen molar-refractivity contribution in [3.05, 3.63) is 81.9 Å². The third kappa shape index (κ3) is 5.72. The molecule has 218 valence electrons. The van der Waals surface area contributed by atoms with Gasteiger partial charge in [-0.2, -0.15) is 0 Å². The van der Waals surface area contributed by atoms with Crippen LogP contribution >= 0.6 is 0 Å². The highest BCUT2D eigenvalue weighted by Gasteiger charge is 2.40. The lowest BCUT2D eigenvalue weighted by atomic mass is 9.80. The van der Waals surface area contributed by atoms with E-state index in [1.807, 2.05) is 26.8 Å². The molecular formula is C33H35N3O6. The Bertz CT molecular complexity index is 1650. The van der Waals surface area contributed by atoms with Crippen molar-refractivity contribution in [3.63, 3.8) is 0 Å². The summed E-state index contributed by atoms with van der Waals surface area (Å²) in [6.45, 7) is 12.0. The number of carboxylic acids is 1. The SMILES string of the molecule is CCOc1cc2c(c3c1OC(C)(C)C3)C(c1ccc(C(=O)O)c(NC(=O)c3cccc(NC(C)=O)c3)c1)=NC(C)(C)C2. The Balaban J connectivity index is 1.61. The van der Waals surface area contributed by atoms with Crippen molar-refractivity contribution in [1.82, 2.24) is 0 Å². The maximum atomic E-state index is 13.3. The number of hydrogen-bond acceptors (Lipinski definition) is 6. The lowest BCUT2D eigenvalue weighted by Crippen LogP contribution is -2.31. The zero-order valence-electron chi connectivity index (χ0n) is 24.7. The average molecular weight is 570 g/mol. The number of amides is 2. The lowest BCUT2D eigenvalue weighted by molar-refractivity contribution is -0.114. The summed E-state index contributed by atoms with van der Waals surface area (Å²) in [5, 5.41) is 15.4. The van der Waals surface area contributed by atoms with E-state index >= 15 is 0 Å². The number of rotatable bonds is 7. The van der Waals surface area contributed by atoms with Gasteiger partial charge in [0.2, 0.25) is 5.91 Å². The van der Waals surface area contributed by atoms with Gasteiger partial charge in [0.25, 0.3) is 5.91 Å². The molecule has 0 aliphatic carbocycles. The van der Waals surface area contributed by atoms with Gasteiger partial charge in [0.05, 0.1) is 29.1 Å². The van der Waals surface area contributed by atoms with Gasteiger partial charge in [-0.3, -0.25) is 14.6 Å². The van der Waals surface area contributed by atoms with Gasteiger partial charge in [-0.25, -0.2) is 4.79 Å². The number of anilines is 2. The molecule has 9 heteroatoms. The average Bonchev–Trinajstić information content (AvgIpc) is 3.22. The maximum absolute atomic E-state index is 13.3. The van der Waals surface area contributed by atoms with E-state index in [1.54, 1.807) is 30.3 Å².